The summed E-state index contributed by atoms with van der Waals surface area (Å²) in [5.74, 6) is -1.18. The Balaban J connectivity index is 2.05. The van der Waals surface area contributed by atoms with Gasteiger partial charge in [-0.3, -0.25) is 14.9 Å². The normalized spacial score (nSPS) is 10.3. The van der Waals surface area contributed by atoms with E-state index in [1.54, 1.807) is 20.8 Å². The molecule has 0 aliphatic carbocycles. The molecule has 0 unspecified atom stereocenters. The quantitative estimate of drug-likeness (QED) is 0.465. The van der Waals surface area contributed by atoms with E-state index in [0.29, 0.717) is 21.8 Å². The van der Waals surface area contributed by atoms with E-state index in [1.807, 2.05) is 0 Å². The molecule has 0 radical (unpaired) electrons. The summed E-state index contributed by atoms with van der Waals surface area (Å²) in [5, 5.41) is 14.3. The first-order valence-corrected chi connectivity index (χ1v) is 8.28. The second-order valence-corrected chi connectivity index (χ2v) is 6.57. The molecule has 26 heavy (non-hydrogen) atoms. The molecule has 0 aliphatic rings. The van der Waals surface area contributed by atoms with Crippen molar-refractivity contribution in [3.05, 3.63) is 43.4 Å². The van der Waals surface area contributed by atoms with Crippen LogP contribution in [0.2, 0.25) is 0 Å². The molecular formula is C16H17N3O6S. The second kappa shape index (κ2) is 7.91. The molecule has 0 aliphatic heterocycles. The number of hydrogen-bond donors (Lipinski definition) is 1. The number of rotatable bonds is 6. The highest BCUT2D eigenvalue weighted by molar-refractivity contribution is 7.13. The van der Waals surface area contributed by atoms with Crippen LogP contribution < -0.4 is 10.1 Å². The Hall–Kier alpha value is -3.01. The average molecular weight is 379 g/mol. The maximum atomic E-state index is 12.0. The van der Waals surface area contributed by atoms with Crippen molar-refractivity contribution in [3.63, 3.8) is 0 Å². The van der Waals surface area contributed by atoms with Crippen molar-refractivity contribution in [1.82, 2.24) is 4.98 Å². The SMILES string of the molecule is COc1cc(NC(=O)COC(=O)c2sc(C)nc2C)c(C)cc1[N+](=O)[O-]. The fourth-order valence-corrected chi connectivity index (χ4v) is 3.03. The zero-order valence-electron chi connectivity index (χ0n) is 14.6. The molecule has 2 rings (SSSR count). The smallest absolute Gasteiger partial charge is 0.350 e. The minimum Gasteiger partial charge on any atom is -0.490 e. The number of nitro benzene ring substituents is 1. The lowest BCUT2D eigenvalue weighted by atomic mass is 10.1. The number of nitrogens with zero attached hydrogens (tertiary/aromatic N) is 2. The number of carbonyl (C=O) groups excluding carboxylic acids is 2. The Morgan fingerprint density at radius 1 is 1.31 bits per heavy atom. The zero-order valence-corrected chi connectivity index (χ0v) is 15.4. The van der Waals surface area contributed by atoms with Gasteiger partial charge in [-0.2, -0.15) is 0 Å². The van der Waals surface area contributed by atoms with E-state index in [1.165, 1.54) is 30.6 Å². The van der Waals surface area contributed by atoms with Crippen molar-refractivity contribution in [1.29, 1.82) is 0 Å². The van der Waals surface area contributed by atoms with Crippen LogP contribution in [0.15, 0.2) is 12.1 Å². The lowest BCUT2D eigenvalue weighted by molar-refractivity contribution is -0.385. The standard InChI is InChI=1S/C16H17N3O6S/c1-8-5-12(19(22)23)13(24-4)6-11(8)18-14(20)7-25-16(21)15-9(2)17-10(3)26-15/h5-6H,7H2,1-4H3,(H,18,20). The molecule has 0 fully saturated rings. The third-order valence-electron chi connectivity index (χ3n) is 3.42. The summed E-state index contributed by atoms with van der Waals surface area (Å²) in [4.78, 5) is 38.9. The van der Waals surface area contributed by atoms with Crippen molar-refractivity contribution in [2.45, 2.75) is 20.8 Å². The average Bonchev–Trinajstić information content (AvgIpc) is 2.92. The molecule has 0 bridgehead atoms. The molecule has 1 N–H and O–H groups in total. The predicted octanol–water partition coefficient (Wildman–Crippen LogP) is 2.78. The fraction of sp³-hybridized carbons (Fsp3) is 0.312. The first kappa shape index (κ1) is 19.3. The van der Waals surface area contributed by atoms with Gasteiger partial charge in [-0.15, -0.1) is 11.3 Å². The number of esters is 1. The van der Waals surface area contributed by atoms with Gasteiger partial charge in [0.25, 0.3) is 5.91 Å². The van der Waals surface area contributed by atoms with E-state index >= 15 is 0 Å². The van der Waals surface area contributed by atoms with Gasteiger partial charge < -0.3 is 14.8 Å². The lowest BCUT2D eigenvalue weighted by Crippen LogP contribution is -2.21. The Kier molecular flexibility index (Phi) is 5.88. The van der Waals surface area contributed by atoms with Crippen molar-refractivity contribution in [2.24, 2.45) is 0 Å². The highest BCUT2D eigenvalue weighted by Crippen LogP contribution is 2.32. The number of aryl methyl sites for hydroxylation is 3. The van der Waals surface area contributed by atoms with Crippen LogP contribution in [0.25, 0.3) is 0 Å². The highest BCUT2D eigenvalue weighted by Gasteiger charge is 2.20. The number of amides is 1. The molecule has 0 spiro atoms. The monoisotopic (exact) mass is 379 g/mol. The molecule has 0 saturated carbocycles. The fourth-order valence-electron chi connectivity index (χ4n) is 2.22. The van der Waals surface area contributed by atoms with Crippen LogP contribution in [0, 0.1) is 30.9 Å². The summed E-state index contributed by atoms with van der Waals surface area (Å²) in [6, 6.07) is 2.65. The van der Waals surface area contributed by atoms with E-state index in [2.05, 4.69) is 10.3 Å². The highest BCUT2D eigenvalue weighted by atomic mass is 32.1. The van der Waals surface area contributed by atoms with Gasteiger partial charge in [-0.05, 0) is 26.3 Å². The molecule has 10 heteroatoms. The van der Waals surface area contributed by atoms with Crippen molar-refractivity contribution in [3.8, 4) is 5.75 Å². The largest absolute Gasteiger partial charge is 0.490 e. The van der Waals surface area contributed by atoms with Gasteiger partial charge in [0, 0.05) is 17.8 Å². The van der Waals surface area contributed by atoms with Crippen LogP contribution in [-0.4, -0.2) is 35.5 Å². The minimum atomic E-state index is -0.624. The molecule has 0 saturated heterocycles. The van der Waals surface area contributed by atoms with Gasteiger partial charge in [-0.25, -0.2) is 9.78 Å². The number of ether oxygens (including phenoxy) is 2. The first-order valence-electron chi connectivity index (χ1n) is 7.47. The number of anilines is 1. The van der Waals surface area contributed by atoms with E-state index in [4.69, 9.17) is 9.47 Å². The summed E-state index contributed by atoms with van der Waals surface area (Å²) >= 11 is 1.19. The maximum Gasteiger partial charge on any atom is 0.350 e. The van der Waals surface area contributed by atoms with Gasteiger partial charge >= 0.3 is 11.7 Å². The Morgan fingerprint density at radius 2 is 2.00 bits per heavy atom. The third-order valence-corrected chi connectivity index (χ3v) is 4.47. The number of nitro groups is 1. The molecule has 0 atom stereocenters. The Morgan fingerprint density at radius 3 is 2.54 bits per heavy atom. The van der Waals surface area contributed by atoms with Crippen molar-refractivity contribution >= 4 is 34.6 Å². The number of carbonyl (C=O) groups is 2. The summed E-state index contributed by atoms with van der Waals surface area (Å²) in [7, 11) is 1.30. The van der Waals surface area contributed by atoms with Gasteiger partial charge in [-0.1, -0.05) is 0 Å². The number of nitrogens with one attached hydrogen (secondary N) is 1. The summed E-state index contributed by atoms with van der Waals surface area (Å²) in [6.45, 7) is 4.57. The molecular weight excluding hydrogens is 362 g/mol. The molecule has 2 aromatic rings. The van der Waals surface area contributed by atoms with Gasteiger partial charge in [0.05, 0.1) is 22.7 Å². The molecule has 1 aromatic heterocycles. The number of thiazole rings is 1. The van der Waals surface area contributed by atoms with Crippen LogP contribution in [0.5, 0.6) is 5.75 Å². The van der Waals surface area contributed by atoms with Crippen LogP contribution in [0.3, 0.4) is 0 Å². The predicted molar refractivity (Wildman–Crippen MR) is 94.9 cm³/mol. The molecule has 138 valence electrons. The molecule has 1 amide bonds. The first-order chi connectivity index (χ1) is 12.2. The zero-order chi connectivity index (χ0) is 19.4. The van der Waals surface area contributed by atoms with E-state index in [0.717, 1.165) is 5.01 Å². The van der Waals surface area contributed by atoms with Crippen LogP contribution in [0.4, 0.5) is 11.4 Å². The Labute approximate surface area is 153 Å². The van der Waals surface area contributed by atoms with E-state index < -0.39 is 23.4 Å². The van der Waals surface area contributed by atoms with Crippen LogP contribution >= 0.6 is 11.3 Å². The summed E-state index contributed by atoms with van der Waals surface area (Å²) in [6.07, 6.45) is 0. The molecule has 9 nitrogen and oxygen atoms in total. The van der Waals surface area contributed by atoms with Crippen molar-refractivity contribution < 1.29 is 24.0 Å². The van der Waals surface area contributed by atoms with E-state index in [9.17, 15) is 19.7 Å². The van der Waals surface area contributed by atoms with Crippen LogP contribution in [0.1, 0.15) is 25.9 Å². The topological polar surface area (TPSA) is 121 Å². The van der Waals surface area contributed by atoms with Gasteiger partial charge in [0.2, 0.25) is 0 Å². The van der Waals surface area contributed by atoms with Gasteiger partial charge in [0.1, 0.15) is 4.88 Å². The lowest BCUT2D eigenvalue weighted by Gasteiger charge is -2.11. The minimum absolute atomic E-state index is 0.0173. The maximum absolute atomic E-state index is 12.0. The second-order valence-electron chi connectivity index (χ2n) is 5.37. The number of aromatic nitrogens is 1. The van der Waals surface area contributed by atoms with Crippen molar-refractivity contribution in [2.75, 3.05) is 19.0 Å². The number of methoxy groups -OCH3 is 1. The third kappa shape index (κ3) is 4.33. The number of hydrogen-bond acceptors (Lipinski definition) is 8. The molecule has 1 heterocycles. The summed E-state index contributed by atoms with van der Waals surface area (Å²) < 4.78 is 9.97. The van der Waals surface area contributed by atoms with E-state index in [-0.39, 0.29) is 11.4 Å². The molecule has 1 aromatic carbocycles. The van der Waals surface area contributed by atoms with Gasteiger partial charge in [0.15, 0.2) is 12.4 Å². The summed E-state index contributed by atoms with van der Waals surface area (Å²) in [5.41, 5.74) is 1.16. The van der Waals surface area contributed by atoms with Crippen LogP contribution in [-0.2, 0) is 9.53 Å². The number of benzene rings is 1. The Bertz CT molecular complexity index is 877.